The minimum absolute atomic E-state index is 0.0709. The second kappa shape index (κ2) is 8.44. The van der Waals surface area contributed by atoms with Crippen molar-refractivity contribution >= 4 is 51.5 Å². The van der Waals surface area contributed by atoms with Crippen LogP contribution in [0.2, 0.25) is 10.0 Å². The molecule has 7 nitrogen and oxygen atoms in total. The number of halogens is 3. The van der Waals surface area contributed by atoms with Crippen LogP contribution in [0, 0.1) is 5.82 Å². The predicted octanol–water partition coefficient (Wildman–Crippen LogP) is 4.23. The summed E-state index contributed by atoms with van der Waals surface area (Å²) < 4.78 is 14.6. The molecule has 0 fully saturated rings. The molecule has 1 aliphatic heterocycles. The molecule has 2 heterocycles. The lowest BCUT2D eigenvalue weighted by atomic mass is 9.93. The highest BCUT2D eigenvalue weighted by Gasteiger charge is 2.29. The van der Waals surface area contributed by atoms with E-state index in [0.29, 0.717) is 23.0 Å². The Morgan fingerprint density at radius 2 is 2.00 bits per heavy atom. The molecule has 0 saturated heterocycles. The summed E-state index contributed by atoms with van der Waals surface area (Å²) in [4.78, 5) is 40.2. The maximum atomic E-state index is 14.6. The van der Waals surface area contributed by atoms with Crippen molar-refractivity contribution in [3.05, 3.63) is 73.4 Å². The zero-order valence-electron chi connectivity index (χ0n) is 16.8. The Kier molecular flexibility index (Phi) is 5.83. The first-order chi connectivity index (χ1) is 15.2. The summed E-state index contributed by atoms with van der Waals surface area (Å²) >= 11 is 12.4. The highest BCUT2D eigenvalue weighted by Crippen LogP contribution is 2.37. The van der Waals surface area contributed by atoms with Crippen LogP contribution in [-0.2, 0) is 11.2 Å². The third-order valence-corrected chi connectivity index (χ3v) is 6.19. The van der Waals surface area contributed by atoms with Gasteiger partial charge in [0.2, 0.25) is 5.91 Å². The molecule has 4 rings (SSSR count). The number of carboxylic acids is 1. The number of nitrogens with zero attached hydrogens (tertiary/aromatic N) is 1. The quantitative estimate of drug-likeness (QED) is 0.521. The van der Waals surface area contributed by atoms with Crippen molar-refractivity contribution < 1.29 is 19.1 Å². The molecular formula is C22H18Cl2FN3O4. The van der Waals surface area contributed by atoms with Crippen LogP contribution >= 0.6 is 23.2 Å². The van der Waals surface area contributed by atoms with E-state index >= 15 is 0 Å². The lowest BCUT2D eigenvalue weighted by Gasteiger charge is -2.36. The number of benzene rings is 2. The van der Waals surface area contributed by atoms with Crippen molar-refractivity contribution in [3.8, 4) is 0 Å². The molecule has 0 saturated carbocycles. The maximum Gasteiger partial charge on any atom is 0.337 e. The second-order valence-electron chi connectivity index (χ2n) is 7.54. The molecule has 3 N–H and O–H groups in total. The van der Waals surface area contributed by atoms with Crippen molar-refractivity contribution in [2.24, 2.45) is 0 Å². The summed E-state index contributed by atoms with van der Waals surface area (Å²) in [6, 6.07) is 5.36. The zero-order valence-corrected chi connectivity index (χ0v) is 18.4. The van der Waals surface area contributed by atoms with Gasteiger partial charge in [0.1, 0.15) is 5.82 Å². The molecule has 2 aromatic carbocycles. The molecule has 1 aromatic heterocycles. The molecule has 1 atom stereocenters. The SMILES string of the molecule is CC1c2c(Cl)cc(Cl)cc2CCN1C(=O)CNc1cc2c(C(=O)O)c[nH]c(=O)c2cc1F. The predicted molar refractivity (Wildman–Crippen MR) is 120 cm³/mol. The Morgan fingerprint density at radius 3 is 2.72 bits per heavy atom. The molecule has 0 radical (unpaired) electrons. The van der Waals surface area contributed by atoms with E-state index in [1.165, 1.54) is 6.07 Å². The van der Waals surface area contributed by atoms with Gasteiger partial charge in [-0.05, 0) is 48.7 Å². The summed E-state index contributed by atoms with van der Waals surface area (Å²) in [5, 5.41) is 13.1. The van der Waals surface area contributed by atoms with Crippen LogP contribution in [-0.4, -0.2) is 40.0 Å². The van der Waals surface area contributed by atoms with Crippen LogP contribution in [0.3, 0.4) is 0 Å². The first-order valence-electron chi connectivity index (χ1n) is 9.76. The number of carbonyl (C=O) groups is 2. The lowest BCUT2D eigenvalue weighted by Crippen LogP contribution is -2.42. The molecule has 166 valence electrons. The van der Waals surface area contributed by atoms with Gasteiger partial charge in [-0.2, -0.15) is 0 Å². The van der Waals surface area contributed by atoms with Crippen molar-refractivity contribution in [1.82, 2.24) is 9.88 Å². The minimum atomic E-state index is -1.27. The molecule has 1 aliphatic rings. The van der Waals surface area contributed by atoms with Crippen LogP contribution in [0.4, 0.5) is 10.1 Å². The Morgan fingerprint density at radius 1 is 1.25 bits per heavy atom. The number of aromatic nitrogens is 1. The van der Waals surface area contributed by atoms with Gasteiger partial charge >= 0.3 is 5.97 Å². The minimum Gasteiger partial charge on any atom is -0.478 e. The fraction of sp³-hybridized carbons (Fsp3) is 0.227. The number of fused-ring (bicyclic) bond motifs is 2. The largest absolute Gasteiger partial charge is 0.478 e. The highest BCUT2D eigenvalue weighted by molar-refractivity contribution is 6.35. The molecule has 3 aromatic rings. The van der Waals surface area contributed by atoms with Crippen LogP contribution in [0.15, 0.2) is 35.3 Å². The molecule has 10 heteroatoms. The van der Waals surface area contributed by atoms with Gasteiger partial charge in [0, 0.05) is 28.2 Å². The molecule has 0 aliphatic carbocycles. The second-order valence-corrected chi connectivity index (χ2v) is 8.38. The van der Waals surface area contributed by atoms with E-state index in [1.54, 1.807) is 11.0 Å². The number of rotatable bonds is 4. The molecular weight excluding hydrogens is 460 g/mol. The number of aromatic carboxylic acids is 1. The summed E-state index contributed by atoms with van der Waals surface area (Å²) in [6.07, 6.45) is 1.64. The number of pyridine rings is 1. The van der Waals surface area contributed by atoms with E-state index in [0.717, 1.165) is 23.4 Å². The molecule has 0 spiro atoms. The third kappa shape index (κ3) is 3.91. The normalized spacial score (nSPS) is 15.5. The standard InChI is InChI=1S/C22H18Cl2FN3O4/c1-10-20-11(4-12(23)5-16(20)24)2-3-28(10)19(29)9-26-18-7-13-14(6-17(18)25)21(30)27-8-15(13)22(31)32/h4-8,10,26H,2-3,9H2,1H3,(H,27,30)(H,31,32). The van der Waals surface area contributed by atoms with Gasteiger partial charge < -0.3 is 20.3 Å². The Hall–Kier alpha value is -3.10. The van der Waals surface area contributed by atoms with Gasteiger partial charge in [0.25, 0.3) is 5.56 Å². The van der Waals surface area contributed by atoms with Gasteiger partial charge in [-0.25, -0.2) is 9.18 Å². The first kappa shape index (κ1) is 22.1. The van der Waals surface area contributed by atoms with Gasteiger partial charge in [0.15, 0.2) is 0 Å². The van der Waals surface area contributed by atoms with Gasteiger partial charge in [-0.3, -0.25) is 9.59 Å². The Balaban J connectivity index is 1.58. The number of anilines is 1. The van der Waals surface area contributed by atoms with Crippen LogP contribution in [0.1, 0.15) is 34.5 Å². The van der Waals surface area contributed by atoms with Crippen molar-refractivity contribution in [3.63, 3.8) is 0 Å². The van der Waals surface area contributed by atoms with Crippen LogP contribution in [0.5, 0.6) is 0 Å². The molecule has 0 bridgehead atoms. The summed E-state index contributed by atoms with van der Waals surface area (Å²) in [6.45, 7) is 2.08. The van der Waals surface area contributed by atoms with Gasteiger partial charge in [0.05, 0.1) is 29.2 Å². The van der Waals surface area contributed by atoms with E-state index in [1.807, 2.05) is 13.0 Å². The Bertz CT molecular complexity index is 1320. The lowest BCUT2D eigenvalue weighted by molar-refractivity contribution is -0.131. The van der Waals surface area contributed by atoms with Crippen LogP contribution in [0.25, 0.3) is 10.8 Å². The first-order valence-corrected chi connectivity index (χ1v) is 10.5. The molecule has 1 amide bonds. The fourth-order valence-corrected chi connectivity index (χ4v) is 4.80. The third-order valence-electron chi connectivity index (χ3n) is 5.66. The average molecular weight is 478 g/mol. The number of aromatic amines is 1. The zero-order chi connectivity index (χ0) is 23.2. The van der Waals surface area contributed by atoms with Gasteiger partial charge in [-0.1, -0.05) is 23.2 Å². The fourth-order valence-electron chi connectivity index (χ4n) is 4.11. The summed E-state index contributed by atoms with van der Waals surface area (Å²) in [5.41, 5.74) is 0.957. The van der Waals surface area contributed by atoms with E-state index in [-0.39, 0.29) is 40.5 Å². The van der Waals surface area contributed by atoms with Crippen molar-refractivity contribution in [2.75, 3.05) is 18.4 Å². The smallest absolute Gasteiger partial charge is 0.337 e. The van der Waals surface area contributed by atoms with Crippen LogP contribution < -0.4 is 10.9 Å². The Labute approximate surface area is 191 Å². The van der Waals surface area contributed by atoms with E-state index in [2.05, 4.69) is 10.3 Å². The number of carboxylic acid groups (broad SMARTS) is 1. The number of amides is 1. The number of H-pyrrole nitrogens is 1. The monoisotopic (exact) mass is 477 g/mol. The van der Waals surface area contributed by atoms with Crippen molar-refractivity contribution in [2.45, 2.75) is 19.4 Å². The average Bonchev–Trinajstić information content (AvgIpc) is 2.72. The number of carbonyl (C=O) groups excluding carboxylic acids is 1. The van der Waals surface area contributed by atoms with Gasteiger partial charge in [-0.15, -0.1) is 0 Å². The number of hydrogen-bond donors (Lipinski definition) is 3. The molecule has 32 heavy (non-hydrogen) atoms. The topological polar surface area (TPSA) is 102 Å². The summed E-state index contributed by atoms with van der Waals surface area (Å²) in [5.74, 6) is -2.32. The van der Waals surface area contributed by atoms with E-state index < -0.39 is 17.3 Å². The van der Waals surface area contributed by atoms with E-state index in [9.17, 15) is 23.9 Å². The number of nitrogens with one attached hydrogen (secondary N) is 2. The van der Waals surface area contributed by atoms with E-state index in [4.69, 9.17) is 23.2 Å². The molecule has 1 unspecified atom stereocenters. The maximum absolute atomic E-state index is 14.6. The number of hydrogen-bond acceptors (Lipinski definition) is 4. The summed E-state index contributed by atoms with van der Waals surface area (Å²) in [7, 11) is 0. The highest BCUT2D eigenvalue weighted by atomic mass is 35.5. The van der Waals surface area contributed by atoms with Crippen molar-refractivity contribution in [1.29, 1.82) is 0 Å².